The lowest BCUT2D eigenvalue weighted by atomic mass is 9.85. The van der Waals surface area contributed by atoms with Crippen LogP contribution in [-0.4, -0.2) is 98.9 Å². The number of carbonyl (C=O) groups is 1. The Labute approximate surface area is 356 Å². The Morgan fingerprint density at radius 3 is 1.46 bits per heavy atom. The maximum absolute atomic E-state index is 12.8. The van der Waals surface area contributed by atoms with Crippen molar-refractivity contribution in [1.82, 2.24) is 0 Å². The summed E-state index contributed by atoms with van der Waals surface area (Å²) in [4.78, 5) is 23.1. The van der Waals surface area contributed by atoms with E-state index >= 15 is 0 Å². The molecule has 0 saturated heterocycles. The molecule has 6 unspecified atom stereocenters. The second-order valence-corrected chi connectivity index (χ2v) is 17.3. The molecule has 0 aromatic rings. The van der Waals surface area contributed by atoms with Gasteiger partial charge < -0.3 is 39.9 Å². The maximum atomic E-state index is 12.8. The number of rotatable bonds is 38. The van der Waals surface area contributed by atoms with Crippen molar-refractivity contribution in [3.63, 3.8) is 0 Å². The zero-order valence-corrected chi connectivity index (χ0v) is 37.4. The molecule has 0 aromatic heterocycles. The van der Waals surface area contributed by atoms with E-state index in [0.29, 0.717) is 13.0 Å². The Balaban J connectivity index is 2.39. The summed E-state index contributed by atoms with van der Waals surface area (Å²) in [6, 6.07) is 0. The van der Waals surface area contributed by atoms with Gasteiger partial charge in [0, 0.05) is 13.0 Å². The molecule has 0 aromatic carbocycles. The van der Waals surface area contributed by atoms with Crippen molar-refractivity contribution in [3.05, 3.63) is 48.6 Å². The second-order valence-electron chi connectivity index (χ2n) is 15.9. The summed E-state index contributed by atoms with van der Waals surface area (Å²) >= 11 is 0. The molecule has 1 aliphatic rings. The molecule has 0 amide bonds. The summed E-state index contributed by atoms with van der Waals surface area (Å²) in [5, 5.41) is 50.1. The van der Waals surface area contributed by atoms with Gasteiger partial charge in [-0.15, -0.1) is 0 Å². The Hall–Kier alpha value is -1.70. The third kappa shape index (κ3) is 29.3. The Kier molecular flexibility index (Phi) is 34.6. The molecule has 1 saturated carbocycles. The molecule has 0 heterocycles. The highest BCUT2D eigenvalue weighted by atomic mass is 31.2. The highest BCUT2D eigenvalue weighted by Gasteiger charge is 2.51. The Morgan fingerprint density at radius 1 is 0.542 bits per heavy atom. The molecule has 1 fully saturated rings. The van der Waals surface area contributed by atoms with Gasteiger partial charge in [0.05, 0.1) is 13.2 Å². The fraction of sp³-hybridized carbons (Fsp3) is 0.804. The number of aliphatic hydroxyl groups excluding tert-OH is 5. The van der Waals surface area contributed by atoms with E-state index in [9.17, 15) is 39.8 Å². The third-order valence-corrected chi connectivity index (χ3v) is 11.4. The molecular weight excluding hydrogens is 775 g/mol. The highest BCUT2D eigenvalue weighted by molar-refractivity contribution is 7.47. The Bertz CT molecular complexity index is 1160. The first kappa shape index (κ1) is 55.3. The third-order valence-electron chi connectivity index (χ3n) is 10.4. The van der Waals surface area contributed by atoms with Crippen LogP contribution >= 0.6 is 7.82 Å². The summed E-state index contributed by atoms with van der Waals surface area (Å²) in [6.45, 7) is 4.16. The topological polar surface area (TPSA) is 192 Å². The summed E-state index contributed by atoms with van der Waals surface area (Å²) in [5.74, 6) is -0.493. The van der Waals surface area contributed by atoms with Crippen molar-refractivity contribution in [1.29, 1.82) is 0 Å². The quantitative estimate of drug-likeness (QED) is 0.0150. The maximum Gasteiger partial charge on any atom is 0.472 e. The number of hydrogen-bond donors (Lipinski definition) is 6. The van der Waals surface area contributed by atoms with E-state index in [2.05, 4.69) is 62.5 Å². The number of phosphoric ester groups is 1. The molecule has 1 aliphatic carbocycles. The van der Waals surface area contributed by atoms with Crippen molar-refractivity contribution in [3.8, 4) is 0 Å². The summed E-state index contributed by atoms with van der Waals surface area (Å²) in [7, 11) is -5.02. The number of phosphoric acid groups is 1. The largest absolute Gasteiger partial charge is 0.472 e. The summed E-state index contributed by atoms with van der Waals surface area (Å²) in [6.07, 6.45) is 31.8. The second kappa shape index (κ2) is 36.9. The molecule has 0 aliphatic heterocycles. The van der Waals surface area contributed by atoms with Crippen molar-refractivity contribution < 1.29 is 58.3 Å². The standard InChI is InChI=1S/C46H83O12P/c1-3-5-7-9-11-13-15-17-18-19-20-21-22-23-24-26-28-30-32-34-36-55-37-39(57-40(47)35-33-31-29-27-25-16-14-12-10-8-6-4-2)38-56-59(53,54)58-46-44(51)42(49)41(48)43(50)45(46)52/h11-14,17-18,20-21,39,41-46,48-52H,3-10,15-16,19,22-38H2,1-2H3,(H,53,54)/b13-11-,14-12-,18-17-,21-20-. The van der Waals surface area contributed by atoms with E-state index < -0.39 is 63.1 Å². The number of unbranched alkanes of at least 4 members (excludes halogenated alkanes) is 18. The van der Waals surface area contributed by atoms with Gasteiger partial charge in [-0.2, -0.15) is 0 Å². The molecule has 0 radical (unpaired) electrons. The monoisotopic (exact) mass is 859 g/mol. The lowest BCUT2D eigenvalue weighted by molar-refractivity contribution is -0.220. The number of hydrogen-bond acceptors (Lipinski definition) is 11. The molecule has 13 heteroatoms. The van der Waals surface area contributed by atoms with Gasteiger partial charge >= 0.3 is 13.8 Å². The van der Waals surface area contributed by atoms with Crippen LogP contribution in [0.5, 0.6) is 0 Å². The van der Waals surface area contributed by atoms with Crippen molar-refractivity contribution in [2.75, 3.05) is 19.8 Å². The van der Waals surface area contributed by atoms with Crippen LogP contribution in [0, 0.1) is 0 Å². The lowest BCUT2D eigenvalue weighted by Gasteiger charge is -2.41. The Morgan fingerprint density at radius 2 is 0.949 bits per heavy atom. The van der Waals surface area contributed by atoms with Crippen LogP contribution in [0.3, 0.4) is 0 Å². The van der Waals surface area contributed by atoms with Crippen LogP contribution in [0.15, 0.2) is 48.6 Å². The van der Waals surface area contributed by atoms with E-state index in [1.165, 1.54) is 64.2 Å². The number of carbonyl (C=O) groups excluding carboxylic acids is 1. The first-order valence-corrected chi connectivity index (χ1v) is 24.5. The van der Waals surface area contributed by atoms with Crippen LogP contribution in [0.1, 0.15) is 174 Å². The van der Waals surface area contributed by atoms with Crippen molar-refractivity contribution in [2.24, 2.45) is 0 Å². The minimum atomic E-state index is -5.02. The lowest BCUT2D eigenvalue weighted by Crippen LogP contribution is -2.64. The fourth-order valence-electron chi connectivity index (χ4n) is 6.71. The number of aliphatic hydroxyl groups is 5. The van der Waals surface area contributed by atoms with Gasteiger partial charge in [-0.25, -0.2) is 4.57 Å². The molecule has 6 N–H and O–H groups in total. The molecule has 59 heavy (non-hydrogen) atoms. The first-order chi connectivity index (χ1) is 28.5. The van der Waals surface area contributed by atoms with Crippen LogP contribution in [0.4, 0.5) is 0 Å². The highest BCUT2D eigenvalue weighted by Crippen LogP contribution is 2.47. The van der Waals surface area contributed by atoms with Gasteiger partial charge in [0.15, 0.2) is 0 Å². The van der Waals surface area contributed by atoms with Gasteiger partial charge in [-0.3, -0.25) is 13.8 Å². The average Bonchev–Trinajstić information content (AvgIpc) is 3.22. The molecular formula is C46H83O12P. The van der Waals surface area contributed by atoms with E-state index in [4.69, 9.17) is 18.5 Å². The van der Waals surface area contributed by atoms with Gasteiger partial charge in [-0.1, -0.05) is 140 Å². The normalized spacial score (nSPS) is 22.9. The molecule has 0 bridgehead atoms. The van der Waals surface area contributed by atoms with Crippen molar-refractivity contribution in [2.45, 2.75) is 217 Å². The van der Waals surface area contributed by atoms with Crippen LogP contribution in [0.25, 0.3) is 0 Å². The SMILES string of the molecule is CCCCC/C=C\C/C=C\C/C=C\CCCCCCCCCOCC(COP(=O)(O)OC1C(O)C(O)C(O)C(O)C1O)OC(=O)CCCCCCC/C=C\CCCCC. The van der Waals surface area contributed by atoms with Gasteiger partial charge in [-0.05, 0) is 77.0 Å². The smallest absolute Gasteiger partial charge is 0.457 e. The zero-order chi connectivity index (χ0) is 43.4. The van der Waals surface area contributed by atoms with E-state index in [-0.39, 0.29) is 13.0 Å². The van der Waals surface area contributed by atoms with Gasteiger partial charge in [0.25, 0.3) is 0 Å². The van der Waals surface area contributed by atoms with E-state index in [1.54, 1.807) is 0 Å². The van der Waals surface area contributed by atoms with Crippen LogP contribution in [0.2, 0.25) is 0 Å². The number of allylic oxidation sites excluding steroid dienone is 8. The van der Waals surface area contributed by atoms with E-state index in [0.717, 1.165) is 83.5 Å². The molecule has 1 rings (SSSR count). The van der Waals surface area contributed by atoms with Crippen molar-refractivity contribution >= 4 is 13.8 Å². The summed E-state index contributed by atoms with van der Waals surface area (Å²) < 4.78 is 34.1. The first-order valence-electron chi connectivity index (χ1n) is 23.0. The number of esters is 1. The molecule has 12 nitrogen and oxygen atoms in total. The van der Waals surface area contributed by atoms with Gasteiger partial charge in [0.1, 0.15) is 42.7 Å². The minimum Gasteiger partial charge on any atom is -0.457 e. The predicted molar refractivity (Wildman–Crippen MR) is 235 cm³/mol. The molecule has 344 valence electrons. The fourth-order valence-corrected chi connectivity index (χ4v) is 7.68. The van der Waals surface area contributed by atoms with Gasteiger partial charge in [0.2, 0.25) is 0 Å². The molecule has 6 atom stereocenters. The minimum absolute atomic E-state index is 0.0878. The van der Waals surface area contributed by atoms with Crippen LogP contribution in [-0.2, 0) is 27.9 Å². The summed E-state index contributed by atoms with van der Waals surface area (Å²) in [5.41, 5.74) is 0. The average molecular weight is 859 g/mol. The van der Waals surface area contributed by atoms with Crippen LogP contribution < -0.4 is 0 Å². The number of ether oxygens (including phenoxy) is 2. The predicted octanol–water partition coefficient (Wildman–Crippen LogP) is 9.25. The zero-order valence-electron chi connectivity index (χ0n) is 36.5. The van der Waals surface area contributed by atoms with E-state index in [1.807, 2.05) is 0 Å². The molecule has 0 spiro atoms.